The fourth-order valence-electron chi connectivity index (χ4n) is 1.94. The van der Waals surface area contributed by atoms with Gasteiger partial charge in [-0.15, -0.1) is 0 Å². The van der Waals surface area contributed by atoms with Crippen molar-refractivity contribution >= 4 is 5.82 Å². The molecule has 1 aliphatic rings. The van der Waals surface area contributed by atoms with Crippen LogP contribution in [0.5, 0.6) is 0 Å². The summed E-state index contributed by atoms with van der Waals surface area (Å²) in [5, 5.41) is 9.61. The number of aromatic nitrogens is 2. The molecule has 1 aromatic heterocycles. The summed E-state index contributed by atoms with van der Waals surface area (Å²) in [6.45, 7) is 1.79. The maximum Gasteiger partial charge on any atom is 0.351 e. The molecule has 0 saturated carbocycles. The zero-order valence-electron chi connectivity index (χ0n) is 10.7. The Labute approximate surface area is 112 Å². The number of hydrogen-bond donors (Lipinski definition) is 2. The quantitative estimate of drug-likeness (QED) is 0.794. The van der Waals surface area contributed by atoms with E-state index in [9.17, 15) is 18.7 Å². The second-order valence-corrected chi connectivity index (χ2v) is 4.35. The molecular weight excluding hydrogens is 276 g/mol. The molecule has 1 fully saturated rings. The van der Waals surface area contributed by atoms with Crippen molar-refractivity contribution in [2.45, 2.75) is 31.3 Å². The van der Waals surface area contributed by atoms with Gasteiger partial charge < -0.3 is 20.3 Å². The topological polar surface area (TPSA) is 99.6 Å². The van der Waals surface area contributed by atoms with Gasteiger partial charge in [-0.3, -0.25) is 4.57 Å². The van der Waals surface area contributed by atoms with Gasteiger partial charge in [0.2, 0.25) is 6.23 Å². The molecule has 3 unspecified atom stereocenters. The first-order valence-electron chi connectivity index (χ1n) is 6.01. The van der Waals surface area contributed by atoms with E-state index in [-0.39, 0.29) is 12.4 Å². The highest BCUT2D eigenvalue weighted by Crippen LogP contribution is 2.42. The predicted molar refractivity (Wildman–Crippen MR) is 64.3 cm³/mol. The Morgan fingerprint density at radius 2 is 2.35 bits per heavy atom. The SMILES string of the molecule is CCOCC1OC(n2ccc(N)nc2=O)C(F)(F)C1O. The highest BCUT2D eigenvalue weighted by atomic mass is 19.3. The summed E-state index contributed by atoms with van der Waals surface area (Å²) in [5.41, 5.74) is 4.32. The number of anilines is 1. The summed E-state index contributed by atoms with van der Waals surface area (Å²) in [4.78, 5) is 14.9. The maximum absolute atomic E-state index is 14.0. The van der Waals surface area contributed by atoms with Crippen molar-refractivity contribution in [1.29, 1.82) is 0 Å². The predicted octanol–water partition coefficient (Wildman–Crippen LogP) is -0.244. The molecule has 0 radical (unpaired) electrons. The number of aliphatic hydroxyl groups excluding tert-OH is 1. The first kappa shape index (κ1) is 14.8. The number of alkyl halides is 2. The molecule has 9 heteroatoms. The van der Waals surface area contributed by atoms with Gasteiger partial charge in [0.25, 0.3) is 0 Å². The van der Waals surface area contributed by atoms with E-state index in [1.165, 1.54) is 6.07 Å². The van der Waals surface area contributed by atoms with Crippen LogP contribution in [-0.4, -0.2) is 46.0 Å². The van der Waals surface area contributed by atoms with Crippen LogP contribution in [0.2, 0.25) is 0 Å². The summed E-state index contributed by atoms with van der Waals surface area (Å²) in [6, 6.07) is 1.20. The minimum absolute atomic E-state index is 0.0843. The molecule has 0 amide bonds. The summed E-state index contributed by atoms with van der Waals surface area (Å²) in [7, 11) is 0. The van der Waals surface area contributed by atoms with Crippen molar-refractivity contribution in [2.75, 3.05) is 18.9 Å². The molecule has 0 bridgehead atoms. The smallest absolute Gasteiger partial charge is 0.351 e. The van der Waals surface area contributed by atoms with Gasteiger partial charge >= 0.3 is 11.6 Å². The largest absolute Gasteiger partial charge is 0.384 e. The molecular formula is C11H15F2N3O4. The summed E-state index contributed by atoms with van der Waals surface area (Å²) in [5.74, 6) is -3.72. The molecule has 0 spiro atoms. The van der Waals surface area contributed by atoms with Crippen LogP contribution < -0.4 is 11.4 Å². The summed E-state index contributed by atoms with van der Waals surface area (Å²) in [6.07, 6.45) is -4.18. The zero-order chi connectivity index (χ0) is 14.9. The van der Waals surface area contributed by atoms with Crippen molar-refractivity contribution in [3.63, 3.8) is 0 Å². The second kappa shape index (κ2) is 5.43. The van der Waals surface area contributed by atoms with Crippen LogP contribution in [0.25, 0.3) is 0 Å². The lowest BCUT2D eigenvalue weighted by Gasteiger charge is -2.20. The van der Waals surface area contributed by atoms with Gasteiger partial charge in [-0.2, -0.15) is 13.8 Å². The van der Waals surface area contributed by atoms with Crippen LogP contribution in [-0.2, 0) is 9.47 Å². The molecule has 2 rings (SSSR count). The molecule has 1 aromatic rings. The molecule has 112 valence electrons. The minimum Gasteiger partial charge on any atom is -0.384 e. The molecule has 3 N–H and O–H groups in total. The molecule has 2 heterocycles. The van der Waals surface area contributed by atoms with Crippen LogP contribution in [0, 0.1) is 0 Å². The number of nitrogens with zero attached hydrogens (tertiary/aromatic N) is 2. The third-order valence-corrected chi connectivity index (χ3v) is 2.97. The normalized spacial score (nSPS) is 28.7. The monoisotopic (exact) mass is 291 g/mol. The lowest BCUT2D eigenvalue weighted by molar-refractivity contribution is -0.141. The Bertz CT molecular complexity index is 537. The Kier molecular flexibility index (Phi) is 4.02. The van der Waals surface area contributed by atoms with Crippen molar-refractivity contribution in [2.24, 2.45) is 0 Å². The molecule has 20 heavy (non-hydrogen) atoms. The summed E-state index contributed by atoms with van der Waals surface area (Å²) >= 11 is 0. The van der Waals surface area contributed by atoms with Crippen molar-refractivity contribution in [3.05, 3.63) is 22.7 Å². The van der Waals surface area contributed by atoms with E-state index in [1.54, 1.807) is 6.92 Å². The van der Waals surface area contributed by atoms with E-state index in [2.05, 4.69) is 4.98 Å². The highest BCUT2D eigenvalue weighted by molar-refractivity contribution is 5.23. The lowest BCUT2D eigenvalue weighted by Crippen LogP contribution is -2.42. The average Bonchev–Trinajstić information content (AvgIpc) is 2.60. The number of nitrogens with two attached hydrogens (primary N) is 1. The van der Waals surface area contributed by atoms with E-state index in [0.717, 1.165) is 6.20 Å². The molecule has 7 nitrogen and oxygen atoms in total. The molecule has 3 atom stereocenters. The third-order valence-electron chi connectivity index (χ3n) is 2.97. The Morgan fingerprint density at radius 3 is 2.95 bits per heavy atom. The lowest BCUT2D eigenvalue weighted by atomic mass is 10.1. The van der Waals surface area contributed by atoms with Crippen molar-refractivity contribution < 1.29 is 23.4 Å². The number of halogens is 2. The maximum atomic E-state index is 14.0. The standard InChI is InChI=1S/C11H15F2N3O4/c1-2-19-5-6-8(17)11(12,13)9(20-6)16-4-3-7(14)15-10(16)18/h3-4,6,8-9,17H,2,5H2,1H3,(H2,14,15,18). The van der Waals surface area contributed by atoms with Crippen LogP contribution in [0.1, 0.15) is 13.2 Å². The van der Waals surface area contributed by atoms with E-state index in [1.807, 2.05) is 0 Å². The average molecular weight is 291 g/mol. The fraction of sp³-hybridized carbons (Fsp3) is 0.636. The molecule has 0 aliphatic carbocycles. The third kappa shape index (κ3) is 2.51. The molecule has 1 saturated heterocycles. The van der Waals surface area contributed by atoms with Crippen LogP contribution in [0.4, 0.5) is 14.6 Å². The fourth-order valence-corrected chi connectivity index (χ4v) is 1.94. The van der Waals surface area contributed by atoms with E-state index >= 15 is 0 Å². The first-order valence-corrected chi connectivity index (χ1v) is 6.01. The van der Waals surface area contributed by atoms with Crippen molar-refractivity contribution in [3.8, 4) is 0 Å². The van der Waals surface area contributed by atoms with Gasteiger partial charge in [0, 0.05) is 12.8 Å². The number of aliphatic hydroxyl groups is 1. The Hall–Kier alpha value is -1.58. The Balaban J connectivity index is 2.29. The first-order chi connectivity index (χ1) is 9.37. The van der Waals surface area contributed by atoms with Gasteiger partial charge in [-0.1, -0.05) is 0 Å². The van der Waals surface area contributed by atoms with Gasteiger partial charge in [-0.25, -0.2) is 4.79 Å². The number of ether oxygens (including phenoxy) is 2. The van der Waals surface area contributed by atoms with Gasteiger partial charge in [0.15, 0.2) is 6.10 Å². The van der Waals surface area contributed by atoms with Crippen molar-refractivity contribution in [1.82, 2.24) is 9.55 Å². The van der Waals surface area contributed by atoms with Gasteiger partial charge in [-0.05, 0) is 13.0 Å². The number of nitrogen functional groups attached to an aromatic ring is 1. The van der Waals surface area contributed by atoms with E-state index < -0.39 is 30.0 Å². The van der Waals surface area contributed by atoms with E-state index in [0.29, 0.717) is 11.2 Å². The van der Waals surface area contributed by atoms with E-state index in [4.69, 9.17) is 15.2 Å². The number of hydrogen-bond acceptors (Lipinski definition) is 6. The van der Waals surface area contributed by atoms with Crippen LogP contribution in [0.15, 0.2) is 17.1 Å². The Morgan fingerprint density at radius 1 is 1.65 bits per heavy atom. The zero-order valence-corrected chi connectivity index (χ0v) is 10.7. The molecule has 1 aliphatic heterocycles. The second-order valence-electron chi connectivity index (χ2n) is 4.35. The number of rotatable bonds is 4. The van der Waals surface area contributed by atoms with Crippen LogP contribution >= 0.6 is 0 Å². The minimum atomic E-state index is -3.64. The van der Waals surface area contributed by atoms with Crippen LogP contribution in [0.3, 0.4) is 0 Å². The highest BCUT2D eigenvalue weighted by Gasteiger charge is 2.59. The summed E-state index contributed by atoms with van der Waals surface area (Å²) < 4.78 is 38.6. The van der Waals surface area contributed by atoms with Gasteiger partial charge in [0.05, 0.1) is 6.61 Å². The molecule has 0 aromatic carbocycles. The van der Waals surface area contributed by atoms with Gasteiger partial charge in [0.1, 0.15) is 11.9 Å².